The van der Waals surface area contributed by atoms with Gasteiger partial charge in [0.1, 0.15) is 6.26 Å². The molecule has 0 aromatic carbocycles. The van der Waals surface area contributed by atoms with E-state index in [0.29, 0.717) is 0 Å². The molecule has 0 unspecified atom stereocenters. The van der Waals surface area contributed by atoms with Crippen LogP contribution in [0.1, 0.15) is 6.42 Å². The second-order valence-electron chi connectivity index (χ2n) is 1.60. The Morgan fingerprint density at radius 1 is 1.50 bits per heavy atom. The molecule has 0 saturated carbocycles. The first-order valence-corrected chi connectivity index (χ1v) is 3.92. The van der Waals surface area contributed by atoms with Gasteiger partial charge in [-0.25, -0.2) is 4.40 Å². The monoisotopic (exact) mass is 156 g/mol. The summed E-state index contributed by atoms with van der Waals surface area (Å²) in [6.45, 7) is 0. The van der Waals surface area contributed by atoms with Crippen LogP contribution in [0.3, 0.4) is 0 Å². The number of nitrogens with zero attached hydrogens (tertiary/aromatic N) is 2. The van der Waals surface area contributed by atoms with E-state index in [-0.39, 0.29) is 0 Å². The van der Waals surface area contributed by atoms with E-state index in [0.717, 1.165) is 0 Å². The van der Waals surface area contributed by atoms with Crippen molar-refractivity contribution in [2.45, 2.75) is 6.42 Å². The lowest BCUT2D eigenvalue weighted by Crippen LogP contribution is -1.62. The smallest absolute Gasteiger partial charge is 0.123 e. The molecule has 2 rings (SSSR count). The minimum absolute atomic E-state index is 1.17. The number of aromatic nitrogens is 1. The van der Waals surface area contributed by atoms with E-state index in [1.165, 1.54) is 18.4 Å². The summed E-state index contributed by atoms with van der Waals surface area (Å²) in [6.07, 6.45) is 6.22. The zero-order chi connectivity index (χ0) is 7.07. The van der Waals surface area contributed by atoms with Crippen LogP contribution in [-0.4, -0.2) is 17.1 Å². The molecule has 54 valence electrons. The Kier molecular flexibility index (Phi) is 3.71. The van der Waals surface area contributed by atoms with Crippen LogP contribution < -0.4 is 0 Å². The highest BCUT2D eigenvalue weighted by molar-refractivity contribution is 7.98. The first-order valence-electron chi connectivity index (χ1n) is 2.98. The molecule has 0 aliphatic carbocycles. The van der Waals surface area contributed by atoms with Gasteiger partial charge in [0.15, 0.2) is 0 Å². The van der Waals surface area contributed by atoms with E-state index < -0.39 is 0 Å². The summed E-state index contributed by atoms with van der Waals surface area (Å²) in [5.74, 6) is 1.19. The van der Waals surface area contributed by atoms with Crippen LogP contribution in [0, 0.1) is 0 Å². The van der Waals surface area contributed by atoms with Gasteiger partial charge in [-0.05, 0) is 24.4 Å². The summed E-state index contributed by atoms with van der Waals surface area (Å²) in [4.78, 5) is 0. The first-order chi connectivity index (χ1) is 5.00. The molecule has 3 nitrogen and oxygen atoms in total. The highest BCUT2D eigenvalue weighted by Crippen LogP contribution is 2.07. The standard InChI is InChI=1S/C3H3NO.C3H5NS/c2*1-2-4-5-3-1/h1-3H;2H,1,3H2. The lowest BCUT2D eigenvalue weighted by molar-refractivity contribution is 0.420. The molecule has 0 N–H and O–H groups in total. The fourth-order valence-electron chi connectivity index (χ4n) is 0.439. The molecule has 0 bridgehead atoms. The van der Waals surface area contributed by atoms with E-state index in [9.17, 15) is 0 Å². The Balaban J connectivity index is 0.0000001000. The van der Waals surface area contributed by atoms with Crippen molar-refractivity contribution in [1.29, 1.82) is 0 Å². The van der Waals surface area contributed by atoms with Crippen LogP contribution in [0.4, 0.5) is 0 Å². The predicted molar refractivity (Wildman–Crippen MR) is 42.1 cm³/mol. The van der Waals surface area contributed by atoms with E-state index >= 15 is 0 Å². The van der Waals surface area contributed by atoms with Gasteiger partial charge in [0.25, 0.3) is 0 Å². The van der Waals surface area contributed by atoms with Crippen molar-refractivity contribution < 1.29 is 4.52 Å². The van der Waals surface area contributed by atoms with Gasteiger partial charge in [-0.15, -0.1) is 0 Å². The van der Waals surface area contributed by atoms with Crippen molar-refractivity contribution in [1.82, 2.24) is 5.16 Å². The molecule has 10 heavy (non-hydrogen) atoms. The van der Waals surface area contributed by atoms with Crippen LogP contribution in [0.15, 0.2) is 27.4 Å². The van der Waals surface area contributed by atoms with Crippen molar-refractivity contribution in [2.75, 3.05) is 5.75 Å². The Morgan fingerprint density at radius 2 is 2.50 bits per heavy atom. The summed E-state index contributed by atoms with van der Waals surface area (Å²) in [5.41, 5.74) is 0. The van der Waals surface area contributed by atoms with E-state index in [2.05, 4.69) is 14.1 Å². The number of hydrogen-bond acceptors (Lipinski definition) is 4. The normalized spacial score (nSPS) is 14.4. The average Bonchev–Trinajstić information content (AvgIpc) is 2.67. The first kappa shape index (κ1) is 7.34. The minimum Gasteiger partial charge on any atom is -0.365 e. The van der Waals surface area contributed by atoms with Crippen LogP contribution >= 0.6 is 11.9 Å². The molecule has 0 atom stereocenters. The average molecular weight is 156 g/mol. The molecule has 1 aliphatic rings. The van der Waals surface area contributed by atoms with Crippen LogP contribution in [0.2, 0.25) is 0 Å². The molecular weight excluding hydrogens is 148 g/mol. The summed E-state index contributed by atoms with van der Waals surface area (Å²) >= 11 is 1.64. The zero-order valence-corrected chi connectivity index (χ0v) is 6.25. The molecular formula is C6H8N2OS. The quantitative estimate of drug-likeness (QED) is 0.537. The summed E-state index contributed by atoms with van der Waals surface area (Å²) < 4.78 is 8.21. The van der Waals surface area contributed by atoms with Crippen molar-refractivity contribution >= 4 is 18.2 Å². The Labute approximate surface area is 63.6 Å². The van der Waals surface area contributed by atoms with Gasteiger partial charge in [-0.3, -0.25) is 0 Å². The van der Waals surface area contributed by atoms with Crippen LogP contribution in [0.25, 0.3) is 0 Å². The van der Waals surface area contributed by atoms with Gasteiger partial charge in [-0.2, -0.15) is 0 Å². The molecule has 1 aromatic heterocycles. The third kappa shape index (κ3) is 3.29. The topological polar surface area (TPSA) is 38.4 Å². The Bertz CT molecular complexity index is 151. The van der Waals surface area contributed by atoms with Crippen molar-refractivity contribution in [3.05, 3.63) is 18.5 Å². The fourth-order valence-corrected chi connectivity index (χ4v) is 0.966. The zero-order valence-electron chi connectivity index (χ0n) is 5.43. The maximum atomic E-state index is 4.33. The van der Waals surface area contributed by atoms with Gasteiger partial charge in [0, 0.05) is 12.0 Å². The molecule has 0 amide bonds. The van der Waals surface area contributed by atoms with E-state index in [1.54, 1.807) is 24.2 Å². The van der Waals surface area contributed by atoms with Gasteiger partial charge in [0.2, 0.25) is 0 Å². The summed E-state index contributed by atoms with van der Waals surface area (Å²) in [7, 11) is 0. The molecule has 0 radical (unpaired) electrons. The predicted octanol–water partition coefficient (Wildman–Crippen LogP) is 1.78. The van der Waals surface area contributed by atoms with Gasteiger partial charge >= 0.3 is 0 Å². The Morgan fingerprint density at radius 3 is 2.70 bits per heavy atom. The molecule has 2 heterocycles. The van der Waals surface area contributed by atoms with Gasteiger partial charge in [-0.1, -0.05) is 5.16 Å². The molecule has 0 spiro atoms. The lowest BCUT2D eigenvalue weighted by atomic mass is 10.6. The molecule has 1 aromatic rings. The number of rotatable bonds is 0. The van der Waals surface area contributed by atoms with E-state index in [4.69, 9.17) is 0 Å². The number of hydrogen-bond donors (Lipinski definition) is 0. The minimum atomic E-state index is 1.17. The van der Waals surface area contributed by atoms with Crippen molar-refractivity contribution in [2.24, 2.45) is 4.40 Å². The fraction of sp³-hybridized carbons (Fsp3) is 0.333. The summed E-state index contributed by atoms with van der Waals surface area (Å²) in [6, 6.07) is 1.72. The lowest BCUT2D eigenvalue weighted by Gasteiger charge is -1.66. The highest BCUT2D eigenvalue weighted by atomic mass is 32.2. The second-order valence-corrected chi connectivity index (χ2v) is 2.48. The molecule has 0 fully saturated rings. The molecule has 0 saturated heterocycles. The van der Waals surface area contributed by atoms with Crippen molar-refractivity contribution in [3.8, 4) is 0 Å². The maximum Gasteiger partial charge on any atom is 0.123 e. The third-order valence-corrected chi connectivity index (χ3v) is 1.55. The molecule has 4 heteroatoms. The SMILES string of the molecule is C1=NSCC1.c1cnoc1. The van der Waals surface area contributed by atoms with Gasteiger partial charge in [0.05, 0.1) is 6.20 Å². The molecule has 1 aliphatic heterocycles. The van der Waals surface area contributed by atoms with Crippen LogP contribution in [-0.2, 0) is 0 Å². The maximum absolute atomic E-state index is 4.33. The van der Waals surface area contributed by atoms with E-state index in [1.807, 2.05) is 6.21 Å². The highest BCUT2D eigenvalue weighted by Gasteiger charge is 1.87. The Hall–Kier alpha value is -0.770. The third-order valence-electron chi connectivity index (χ3n) is 0.835. The van der Waals surface area contributed by atoms with Gasteiger partial charge < -0.3 is 4.52 Å². The van der Waals surface area contributed by atoms with Crippen molar-refractivity contribution in [3.63, 3.8) is 0 Å². The second kappa shape index (κ2) is 5.05. The largest absolute Gasteiger partial charge is 0.365 e. The summed E-state index contributed by atoms with van der Waals surface area (Å²) in [5, 5.41) is 3.35. The van der Waals surface area contributed by atoms with Crippen LogP contribution in [0.5, 0.6) is 0 Å².